The SMILES string of the molecule is COn1cc(CN2CCn3c(ccc(-n4cnc(C)c4)c3=O)C2=O)c2cc(C(F)(F)F)ccc21. The summed E-state index contributed by atoms with van der Waals surface area (Å²) < 4.78 is 44.2. The maximum absolute atomic E-state index is 13.3. The van der Waals surface area contributed by atoms with E-state index < -0.39 is 11.7 Å². The summed E-state index contributed by atoms with van der Waals surface area (Å²) in [5.74, 6) is -0.373. The largest absolute Gasteiger partial charge is 0.417 e. The van der Waals surface area contributed by atoms with Crippen LogP contribution in [0.5, 0.6) is 0 Å². The van der Waals surface area contributed by atoms with Crippen LogP contribution < -0.4 is 10.4 Å². The molecule has 0 saturated heterocycles. The van der Waals surface area contributed by atoms with Gasteiger partial charge in [-0.05, 0) is 37.3 Å². The number of aryl methyl sites for hydroxylation is 1. The molecule has 1 aliphatic heterocycles. The predicted octanol–water partition coefficient (Wildman–Crippen LogP) is 3.03. The van der Waals surface area contributed by atoms with Crippen molar-refractivity contribution in [2.75, 3.05) is 13.7 Å². The van der Waals surface area contributed by atoms with E-state index in [2.05, 4.69) is 4.98 Å². The van der Waals surface area contributed by atoms with Gasteiger partial charge in [0.2, 0.25) is 0 Å². The molecule has 0 saturated carbocycles. The first-order valence-corrected chi connectivity index (χ1v) is 10.5. The van der Waals surface area contributed by atoms with E-state index in [0.717, 1.165) is 17.8 Å². The predicted molar refractivity (Wildman–Crippen MR) is 117 cm³/mol. The van der Waals surface area contributed by atoms with E-state index in [0.29, 0.717) is 22.2 Å². The molecular weight excluding hydrogens is 451 g/mol. The fraction of sp³-hybridized carbons (Fsp3) is 0.261. The van der Waals surface area contributed by atoms with Crippen LogP contribution in [-0.4, -0.2) is 43.3 Å². The first kappa shape index (κ1) is 21.8. The molecule has 3 aromatic heterocycles. The standard InChI is InChI=1S/C23H20F3N5O3/c1-14-10-29(13-27-14)19-5-6-20-21(32)28(7-8-30(20)22(19)33)11-15-12-31(34-2)18-4-3-16(9-17(15)18)23(24,25)26/h3-6,9-10,12-13H,7-8,11H2,1-2H3. The van der Waals surface area contributed by atoms with Gasteiger partial charge in [0.15, 0.2) is 0 Å². The zero-order valence-electron chi connectivity index (χ0n) is 18.3. The van der Waals surface area contributed by atoms with Crippen LogP contribution in [0, 0.1) is 6.92 Å². The number of benzene rings is 1. The third-order valence-corrected chi connectivity index (χ3v) is 5.98. The minimum atomic E-state index is -4.49. The van der Waals surface area contributed by atoms with Gasteiger partial charge in [-0.2, -0.15) is 17.9 Å². The Hall–Kier alpha value is -4.02. The van der Waals surface area contributed by atoms with E-state index >= 15 is 0 Å². The lowest BCUT2D eigenvalue weighted by atomic mass is 10.1. The van der Waals surface area contributed by atoms with Gasteiger partial charge in [-0.1, -0.05) is 0 Å². The highest BCUT2D eigenvalue weighted by atomic mass is 19.4. The van der Waals surface area contributed by atoms with Crippen molar-refractivity contribution in [1.82, 2.24) is 23.7 Å². The monoisotopic (exact) mass is 471 g/mol. The lowest BCUT2D eigenvalue weighted by Gasteiger charge is -2.29. The second kappa shape index (κ2) is 7.79. The molecule has 1 amide bonds. The fourth-order valence-corrected chi connectivity index (χ4v) is 4.29. The Morgan fingerprint density at radius 3 is 2.56 bits per heavy atom. The van der Waals surface area contributed by atoms with Crippen molar-refractivity contribution in [1.29, 1.82) is 0 Å². The summed E-state index contributed by atoms with van der Waals surface area (Å²) in [4.78, 5) is 37.1. The Morgan fingerprint density at radius 1 is 1.09 bits per heavy atom. The van der Waals surface area contributed by atoms with Gasteiger partial charge in [-0.25, -0.2) is 4.98 Å². The molecule has 0 spiro atoms. The summed E-state index contributed by atoms with van der Waals surface area (Å²) in [5, 5.41) is 0.346. The van der Waals surface area contributed by atoms with Crippen molar-refractivity contribution in [3.63, 3.8) is 0 Å². The van der Waals surface area contributed by atoms with E-state index in [1.807, 2.05) is 6.92 Å². The van der Waals surface area contributed by atoms with E-state index in [9.17, 15) is 22.8 Å². The van der Waals surface area contributed by atoms with Gasteiger partial charge in [0.05, 0.1) is 23.1 Å². The van der Waals surface area contributed by atoms with Gasteiger partial charge in [0.25, 0.3) is 11.5 Å². The number of imidazole rings is 1. The second-order valence-corrected chi connectivity index (χ2v) is 8.10. The van der Waals surface area contributed by atoms with Crippen molar-refractivity contribution < 1.29 is 22.8 Å². The lowest BCUT2D eigenvalue weighted by molar-refractivity contribution is -0.137. The van der Waals surface area contributed by atoms with Crippen LogP contribution >= 0.6 is 0 Å². The van der Waals surface area contributed by atoms with Gasteiger partial charge in [-0.3, -0.25) is 9.59 Å². The number of carbonyl (C=O) groups is 1. The molecule has 34 heavy (non-hydrogen) atoms. The molecule has 1 aliphatic rings. The van der Waals surface area contributed by atoms with Gasteiger partial charge in [0, 0.05) is 43.0 Å². The van der Waals surface area contributed by atoms with Crippen molar-refractivity contribution in [3.8, 4) is 5.69 Å². The molecule has 0 N–H and O–H groups in total. The van der Waals surface area contributed by atoms with Crippen molar-refractivity contribution in [2.45, 2.75) is 26.2 Å². The molecule has 11 heteroatoms. The van der Waals surface area contributed by atoms with E-state index in [-0.39, 0.29) is 36.8 Å². The summed E-state index contributed by atoms with van der Waals surface area (Å²) in [6.07, 6.45) is 0.343. The van der Waals surface area contributed by atoms with Crippen molar-refractivity contribution in [2.24, 2.45) is 0 Å². The van der Waals surface area contributed by atoms with Crippen LogP contribution in [0.15, 0.2) is 53.8 Å². The summed E-state index contributed by atoms with van der Waals surface area (Å²) >= 11 is 0. The molecule has 0 atom stereocenters. The Labute approximate surface area is 191 Å². The quantitative estimate of drug-likeness (QED) is 0.459. The van der Waals surface area contributed by atoms with Crippen LogP contribution in [0.3, 0.4) is 0 Å². The zero-order valence-corrected chi connectivity index (χ0v) is 18.3. The fourth-order valence-electron chi connectivity index (χ4n) is 4.29. The minimum Gasteiger partial charge on any atom is -0.417 e. The molecule has 0 fully saturated rings. The van der Waals surface area contributed by atoms with E-state index in [1.54, 1.807) is 29.1 Å². The number of pyridine rings is 1. The molecule has 8 nitrogen and oxygen atoms in total. The average molecular weight is 471 g/mol. The number of amides is 1. The zero-order chi connectivity index (χ0) is 24.2. The summed E-state index contributed by atoms with van der Waals surface area (Å²) in [6, 6.07) is 6.56. The second-order valence-electron chi connectivity index (χ2n) is 8.10. The highest BCUT2D eigenvalue weighted by molar-refractivity contribution is 5.94. The number of nitrogens with zero attached hydrogens (tertiary/aromatic N) is 5. The van der Waals surface area contributed by atoms with Crippen LogP contribution in [0.1, 0.15) is 27.3 Å². The number of carbonyl (C=O) groups excluding carboxylic acids is 1. The summed E-state index contributed by atoms with van der Waals surface area (Å²) in [6.45, 7) is 2.38. The number of aromatic nitrogens is 4. The highest BCUT2D eigenvalue weighted by Crippen LogP contribution is 2.33. The normalized spacial score (nSPS) is 14.0. The molecule has 0 unspecified atom stereocenters. The first-order chi connectivity index (χ1) is 16.2. The number of hydrogen-bond donors (Lipinski definition) is 0. The Balaban J connectivity index is 1.49. The molecule has 1 aromatic carbocycles. The van der Waals surface area contributed by atoms with Crippen LogP contribution in [-0.2, 0) is 19.3 Å². The van der Waals surface area contributed by atoms with E-state index in [4.69, 9.17) is 4.84 Å². The molecule has 0 radical (unpaired) electrons. The topological polar surface area (TPSA) is 74.3 Å². The number of fused-ring (bicyclic) bond motifs is 2. The Kier molecular flexibility index (Phi) is 4.99. The first-order valence-electron chi connectivity index (χ1n) is 10.5. The Morgan fingerprint density at radius 2 is 1.88 bits per heavy atom. The highest BCUT2D eigenvalue weighted by Gasteiger charge is 2.32. The van der Waals surface area contributed by atoms with Gasteiger partial charge < -0.3 is 18.9 Å². The van der Waals surface area contributed by atoms with Gasteiger partial charge in [0.1, 0.15) is 18.5 Å². The molecule has 4 aromatic rings. The lowest BCUT2D eigenvalue weighted by Crippen LogP contribution is -2.44. The van der Waals surface area contributed by atoms with Crippen LogP contribution in [0.25, 0.3) is 16.6 Å². The third-order valence-electron chi connectivity index (χ3n) is 5.98. The summed E-state index contributed by atoms with van der Waals surface area (Å²) in [7, 11) is 1.41. The third kappa shape index (κ3) is 3.53. The maximum atomic E-state index is 13.3. The molecular formula is C23H20F3N5O3. The number of rotatable bonds is 4. The molecule has 0 aliphatic carbocycles. The van der Waals surface area contributed by atoms with Crippen LogP contribution in [0.2, 0.25) is 0 Å². The Bertz CT molecular complexity index is 1480. The number of hydrogen-bond acceptors (Lipinski definition) is 4. The smallest absolute Gasteiger partial charge is 0.416 e. The van der Waals surface area contributed by atoms with Crippen molar-refractivity contribution in [3.05, 3.63) is 81.9 Å². The van der Waals surface area contributed by atoms with Gasteiger partial charge >= 0.3 is 6.18 Å². The average Bonchev–Trinajstić information content (AvgIpc) is 3.38. The minimum absolute atomic E-state index is 0.0731. The molecule has 5 rings (SSSR count). The molecule has 4 heterocycles. The van der Waals surface area contributed by atoms with Crippen LogP contribution in [0.4, 0.5) is 13.2 Å². The molecule has 176 valence electrons. The summed E-state index contributed by atoms with van der Waals surface area (Å²) in [5.41, 5.74) is 1.25. The van der Waals surface area contributed by atoms with Gasteiger partial charge in [-0.15, -0.1) is 0 Å². The number of halogens is 3. The van der Waals surface area contributed by atoms with E-state index in [1.165, 1.54) is 33.7 Å². The number of alkyl halides is 3. The maximum Gasteiger partial charge on any atom is 0.416 e. The van der Waals surface area contributed by atoms with Crippen molar-refractivity contribution >= 4 is 16.8 Å². The molecule has 0 bridgehead atoms.